The Morgan fingerprint density at radius 2 is 1.90 bits per heavy atom. The molecule has 106 valence electrons. The smallest absolute Gasteiger partial charge is 0.119 e. The van der Waals surface area contributed by atoms with Crippen LogP contribution < -0.4 is 10.1 Å². The van der Waals surface area contributed by atoms with Crippen LogP contribution in [0.2, 0.25) is 0 Å². The molecule has 0 amide bonds. The van der Waals surface area contributed by atoms with Gasteiger partial charge in [-0.3, -0.25) is 4.98 Å². The molecule has 3 heteroatoms. The first kappa shape index (κ1) is 14.5. The molecule has 2 unspecified atom stereocenters. The second-order valence-electron chi connectivity index (χ2n) is 4.88. The van der Waals surface area contributed by atoms with E-state index in [1.165, 1.54) is 11.1 Å². The largest absolute Gasteiger partial charge is 0.497 e. The van der Waals surface area contributed by atoms with Crippen molar-refractivity contribution in [3.8, 4) is 5.75 Å². The molecule has 1 aromatic heterocycles. The lowest BCUT2D eigenvalue weighted by atomic mass is 9.89. The number of nitrogens with zero attached hydrogens (tertiary/aromatic N) is 1. The molecule has 1 heterocycles. The molecule has 0 aliphatic carbocycles. The number of nitrogens with one attached hydrogen (secondary N) is 1. The highest BCUT2D eigenvalue weighted by molar-refractivity contribution is 5.33. The predicted octanol–water partition coefficient (Wildman–Crippen LogP) is 3.54. The number of benzene rings is 1. The van der Waals surface area contributed by atoms with Crippen LogP contribution in [0.4, 0.5) is 0 Å². The summed E-state index contributed by atoms with van der Waals surface area (Å²) in [5.74, 6) is 1.26. The van der Waals surface area contributed by atoms with E-state index < -0.39 is 0 Å². The zero-order chi connectivity index (χ0) is 14.4. The van der Waals surface area contributed by atoms with Gasteiger partial charge in [-0.05, 0) is 41.9 Å². The van der Waals surface area contributed by atoms with E-state index in [1.807, 2.05) is 24.5 Å². The van der Waals surface area contributed by atoms with Gasteiger partial charge in [0.1, 0.15) is 5.75 Å². The number of rotatable bonds is 6. The fourth-order valence-electron chi connectivity index (χ4n) is 2.50. The molecular formula is C17H22N2O. The van der Waals surface area contributed by atoms with Gasteiger partial charge in [0, 0.05) is 24.4 Å². The Hall–Kier alpha value is -1.87. The molecule has 0 aliphatic rings. The highest BCUT2D eigenvalue weighted by Crippen LogP contribution is 2.31. The average molecular weight is 270 g/mol. The van der Waals surface area contributed by atoms with Gasteiger partial charge in [-0.1, -0.05) is 26.0 Å². The Kier molecular flexibility index (Phi) is 5.13. The first-order chi connectivity index (χ1) is 9.76. The summed E-state index contributed by atoms with van der Waals surface area (Å²) in [4.78, 5) is 4.09. The van der Waals surface area contributed by atoms with Crippen LogP contribution in [0.3, 0.4) is 0 Å². The molecule has 3 nitrogen and oxygen atoms in total. The summed E-state index contributed by atoms with van der Waals surface area (Å²) in [6.45, 7) is 5.30. The number of hydrogen-bond acceptors (Lipinski definition) is 3. The van der Waals surface area contributed by atoms with Gasteiger partial charge < -0.3 is 10.1 Å². The quantitative estimate of drug-likeness (QED) is 0.871. The minimum absolute atomic E-state index is 0.262. The number of likely N-dealkylation sites (N-methyl/N-ethyl adjacent to an activating group) is 1. The van der Waals surface area contributed by atoms with E-state index in [4.69, 9.17) is 4.74 Å². The molecular weight excluding hydrogens is 248 g/mol. The maximum Gasteiger partial charge on any atom is 0.119 e. The van der Waals surface area contributed by atoms with Crippen molar-refractivity contribution >= 4 is 0 Å². The SMILES string of the molecule is CCNC(c1cccc(OC)c1)C(C)c1ccncc1. The summed E-state index contributed by atoms with van der Waals surface area (Å²) < 4.78 is 5.33. The fourth-order valence-corrected chi connectivity index (χ4v) is 2.50. The molecule has 20 heavy (non-hydrogen) atoms. The van der Waals surface area contributed by atoms with Gasteiger partial charge in [0.25, 0.3) is 0 Å². The zero-order valence-electron chi connectivity index (χ0n) is 12.3. The summed E-state index contributed by atoms with van der Waals surface area (Å²) >= 11 is 0. The lowest BCUT2D eigenvalue weighted by Crippen LogP contribution is -2.25. The highest BCUT2D eigenvalue weighted by atomic mass is 16.5. The van der Waals surface area contributed by atoms with Gasteiger partial charge in [0.15, 0.2) is 0 Å². The van der Waals surface area contributed by atoms with Crippen LogP contribution in [-0.2, 0) is 0 Å². The Morgan fingerprint density at radius 3 is 2.55 bits per heavy atom. The second kappa shape index (κ2) is 7.06. The minimum atomic E-state index is 0.262. The van der Waals surface area contributed by atoms with Gasteiger partial charge in [-0.15, -0.1) is 0 Å². The van der Waals surface area contributed by atoms with Crippen molar-refractivity contribution in [1.29, 1.82) is 0 Å². The molecule has 2 rings (SSSR count). The normalized spacial score (nSPS) is 13.8. The van der Waals surface area contributed by atoms with Gasteiger partial charge in [-0.2, -0.15) is 0 Å². The lowest BCUT2D eigenvalue weighted by Gasteiger charge is -2.26. The Labute approximate surface area is 121 Å². The van der Waals surface area contributed by atoms with Gasteiger partial charge in [-0.25, -0.2) is 0 Å². The monoisotopic (exact) mass is 270 g/mol. The molecule has 0 saturated heterocycles. The molecule has 0 fully saturated rings. The minimum Gasteiger partial charge on any atom is -0.497 e. The third-order valence-electron chi connectivity index (χ3n) is 3.61. The Balaban J connectivity index is 2.30. The molecule has 2 aromatic rings. The summed E-state index contributed by atoms with van der Waals surface area (Å²) in [7, 11) is 1.70. The van der Waals surface area contributed by atoms with Crippen LogP contribution in [0.25, 0.3) is 0 Å². The number of hydrogen-bond donors (Lipinski definition) is 1. The van der Waals surface area contributed by atoms with Crippen LogP contribution in [0.5, 0.6) is 5.75 Å². The molecule has 0 aliphatic heterocycles. The van der Waals surface area contributed by atoms with E-state index in [0.717, 1.165) is 12.3 Å². The average Bonchev–Trinajstić information content (AvgIpc) is 2.53. The van der Waals surface area contributed by atoms with Crippen LogP contribution in [0.1, 0.15) is 36.9 Å². The van der Waals surface area contributed by atoms with Crippen molar-refractivity contribution < 1.29 is 4.74 Å². The van der Waals surface area contributed by atoms with E-state index in [-0.39, 0.29) is 6.04 Å². The van der Waals surface area contributed by atoms with Crippen molar-refractivity contribution in [2.75, 3.05) is 13.7 Å². The van der Waals surface area contributed by atoms with Crippen molar-refractivity contribution in [3.63, 3.8) is 0 Å². The highest BCUT2D eigenvalue weighted by Gasteiger charge is 2.20. The molecule has 1 N–H and O–H groups in total. The van der Waals surface area contributed by atoms with E-state index in [1.54, 1.807) is 7.11 Å². The molecule has 0 spiro atoms. The van der Waals surface area contributed by atoms with Crippen molar-refractivity contribution in [2.24, 2.45) is 0 Å². The van der Waals surface area contributed by atoms with E-state index >= 15 is 0 Å². The number of methoxy groups -OCH3 is 1. The lowest BCUT2D eigenvalue weighted by molar-refractivity contribution is 0.411. The first-order valence-corrected chi connectivity index (χ1v) is 7.03. The molecule has 2 atom stereocenters. The second-order valence-corrected chi connectivity index (χ2v) is 4.88. The van der Waals surface area contributed by atoms with Crippen molar-refractivity contribution in [3.05, 3.63) is 59.9 Å². The third-order valence-corrected chi connectivity index (χ3v) is 3.61. The number of aromatic nitrogens is 1. The first-order valence-electron chi connectivity index (χ1n) is 7.03. The van der Waals surface area contributed by atoms with E-state index in [9.17, 15) is 0 Å². The van der Waals surface area contributed by atoms with Gasteiger partial charge >= 0.3 is 0 Å². The van der Waals surface area contributed by atoms with Crippen LogP contribution in [0, 0.1) is 0 Å². The topological polar surface area (TPSA) is 34.1 Å². The summed E-state index contributed by atoms with van der Waals surface area (Å²) in [6.07, 6.45) is 3.70. The standard InChI is InChI=1S/C17H22N2O/c1-4-19-17(13(2)14-8-10-18-11-9-14)15-6-5-7-16(12-15)20-3/h5-13,17,19H,4H2,1-3H3. The number of pyridine rings is 1. The van der Waals surface area contributed by atoms with Crippen molar-refractivity contribution in [1.82, 2.24) is 10.3 Å². The summed E-state index contributed by atoms with van der Waals surface area (Å²) in [5, 5.41) is 3.57. The molecule has 1 aromatic carbocycles. The van der Waals surface area contributed by atoms with Gasteiger partial charge in [0.2, 0.25) is 0 Å². The maximum atomic E-state index is 5.33. The summed E-state index contributed by atoms with van der Waals surface area (Å²) in [5.41, 5.74) is 2.53. The molecule has 0 saturated carbocycles. The Bertz CT molecular complexity index is 528. The van der Waals surface area contributed by atoms with Crippen LogP contribution >= 0.6 is 0 Å². The maximum absolute atomic E-state index is 5.33. The van der Waals surface area contributed by atoms with Crippen LogP contribution in [0.15, 0.2) is 48.8 Å². The van der Waals surface area contributed by atoms with Crippen molar-refractivity contribution in [2.45, 2.75) is 25.8 Å². The fraction of sp³-hybridized carbons (Fsp3) is 0.353. The third kappa shape index (κ3) is 3.36. The summed E-state index contributed by atoms with van der Waals surface area (Å²) in [6, 6.07) is 12.7. The zero-order valence-corrected chi connectivity index (χ0v) is 12.3. The molecule has 0 bridgehead atoms. The Morgan fingerprint density at radius 1 is 1.15 bits per heavy atom. The predicted molar refractivity (Wildman–Crippen MR) is 82.1 cm³/mol. The van der Waals surface area contributed by atoms with E-state index in [0.29, 0.717) is 5.92 Å². The van der Waals surface area contributed by atoms with Gasteiger partial charge in [0.05, 0.1) is 7.11 Å². The molecule has 0 radical (unpaired) electrons. The van der Waals surface area contributed by atoms with Crippen LogP contribution in [-0.4, -0.2) is 18.6 Å². The number of ether oxygens (including phenoxy) is 1. The van der Waals surface area contributed by atoms with E-state index in [2.05, 4.69) is 48.4 Å².